The van der Waals surface area contributed by atoms with Gasteiger partial charge in [-0.3, -0.25) is 4.79 Å². The first-order chi connectivity index (χ1) is 17.0. The number of amides is 1. The molecule has 1 unspecified atom stereocenters. The van der Waals surface area contributed by atoms with E-state index in [1.807, 2.05) is 54.7 Å². The minimum absolute atomic E-state index is 0.0317. The molecule has 0 aliphatic heterocycles. The number of benzene rings is 3. The van der Waals surface area contributed by atoms with Crippen molar-refractivity contribution in [3.63, 3.8) is 0 Å². The smallest absolute Gasteiger partial charge is 0.251 e. The first-order valence-electron chi connectivity index (χ1n) is 11.6. The number of H-pyrrole nitrogens is 1. The van der Waals surface area contributed by atoms with Crippen LogP contribution in [0.4, 0.5) is 0 Å². The first kappa shape index (κ1) is 23.1. The van der Waals surface area contributed by atoms with Crippen LogP contribution in [-0.2, 0) is 10.0 Å². The van der Waals surface area contributed by atoms with Gasteiger partial charge in [0.25, 0.3) is 5.91 Å². The summed E-state index contributed by atoms with van der Waals surface area (Å²) < 4.78 is 33.6. The molecule has 1 aromatic heterocycles. The maximum Gasteiger partial charge on any atom is 0.251 e. The number of carbonyl (C=O) groups is 1. The molecular weight excluding hydrogens is 462 g/mol. The van der Waals surface area contributed by atoms with Crippen molar-refractivity contribution in [2.75, 3.05) is 13.7 Å². The fourth-order valence-corrected chi connectivity index (χ4v) is 5.78. The molecule has 3 aromatic carbocycles. The molecule has 7 nitrogen and oxygen atoms in total. The van der Waals surface area contributed by atoms with E-state index in [4.69, 9.17) is 4.74 Å². The molecule has 0 saturated heterocycles. The lowest BCUT2D eigenvalue weighted by Crippen LogP contribution is -2.30. The predicted molar refractivity (Wildman–Crippen MR) is 135 cm³/mol. The molecule has 5 rings (SSSR count). The number of hydrogen-bond donors (Lipinski definition) is 3. The molecule has 1 fully saturated rings. The maximum atomic E-state index is 13.2. The van der Waals surface area contributed by atoms with Gasteiger partial charge in [-0.1, -0.05) is 48.5 Å². The van der Waals surface area contributed by atoms with Crippen molar-refractivity contribution in [2.45, 2.75) is 29.7 Å². The van der Waals surface area contributed by atoms with E-state index in [2.05, 4.69) is 21.1 Å². The average molecular weight is 490 g/mol. The summed E-state index contributed by atoms with van der Waals surface area (Å²) in [4.78, 5) is 16.4. The molecule has 8 heteroatoms. The number of para-hydroxylation sites is 1. The molecule has 1 aliphatic rings. The standard InChI is InChI=1S/C27H27N3O4S/c1-34-25-14-11-19(15-26(25)35(32,33)30-20-12-13-20)27(31)29-16-22(18-7-3-2-4-8-18)23-17-28-24-10-6-5-9-21(23)24/h2-11,14-15,17,20,22,28,30H,12-13,16H2,1H3,(H,29,31). The number of sulfonamides is 1. The molecule has 180 valence electrons. The van der Waals surface area contributed by atoms with Crippen LogP contribution in [0.1, 0.15) is 40.2 Å². The molecular formula is C27H27N3O4S. The lowest BCUT2D eigenvalue weighted by molar-refractivity contribution is 0.0952. The van der Waals surface area contributed by atoms with Crippen molar-refractivity contribution in [1.29, 1.82) is 0 Å². The minimum Gasteiger partial charge on any atom is -0.495 e. The zero-order valence-corrected chi connectivity index (χ0v) is 20.1. The number of fused-ring (bicyclic) bond motifs is 1. The van der Waals surface area contributed by atoms with Gasteiger partial charge in [-0.25, -0.2) is 13.1 Å². The van der Waals surface area contributed by atoms with E-state index < -0.39 is 10.0 Å². The molecule has 1 heterocycles. The Labute approximate surface area is 204 Å². The van der Waals surface area contributed by atoms with Gasteiger partial charge >= 0.3 is 0 Å². The average Bonchev–Trinajstić information content (AvgIpc) is 3.59. The molecule has 1 aliphatic carbocycles. The lowest BCUT2D eigenvalue weighted by Gasteiger charge is -2.19. The Morgan fingerprint density at radius 3 is 2.54 bits per heavy atom. The Morgan fingerprint density at radius 1 is 1.06 bits per heavy atom. The van der Waals surface area contributed by atoms with Crippen molar-refractivity contribution < 1.29 is 17.9 Å². The van der Waals surface area contributed by atoms with Crippen LogP contribution in [0.3, 0.4) is 0 Å². The second-order valence-corrected chi connectivity index (χ2v) is 10.4. The molecule has 35 heavy (non-hydrogen) atoms. The number of methoxy groups -OCH3 is 1. The number of nitrogens with one attached hydrogen (secondary N) is 3. The van der Waals surface area contributed by atoms with Crippen LogP contribution in [0.5, 0.6) is 5.75 Å². The van der Waals surface area contributed by atoms with Gasteiger partial charge in [0, 0.05) is 41.2 Å². The summed E-state index contributed by atoms with van der Waals surface area (Å²) in [6, 6.07) is 22.5. The summed E-state index contributed by atoms with van der Waals surface area (Å²) in [5.74, 6) is -0.235. The SMILES string of the molecule is COc1ccc(C(=O)NCC(c2ccccc2)c2c[nH]c3ccccc23)cc1S(=O)(=O)NC1CC1. The highest BCUT2D eigenvalue weighted by atomic mass is 32.2. The van der Waals surface area contributed by atoms with Gasteiger partial charge in [-0.05, 0) is 48.2 Å². The number of ether oxygens (including phenoxy) is 1. The van der Waals surface area contributed by atoms with Crippen molar-refractivity contribution >= 4 is 26.8 Å². The molecule has 0 spiro atoms. The van der Waals surface area contributed by atoms with Crippen LogP contribution in [0.2, 0.25) is 0 Å². The normalized spacial score (nSPS) is 14.5. The van der Waals surface area contributed by atoms with Gasteiger partial charge in [0.05, 0.1) is 7.11 Å². The fourth-order valence-electron chi connectivity index (χ4n) is 4.28. The van der Waals surface area contributed by atoms with Gasteiger partial charge in [0.1, 0.15) is 10.6 Å². The van der Waals surface area contributed by atoms with Gasteiger partial charge in [0.2, 0.25) is 10.0 Å². The van der Waals surface area contributed by atoms with Crippen molar-refractivity contribution in [1.82, 2.24) is 15.0 Å². The maximum absolute atomic E-state index is 13.2. The summed E-state index contributed by atoms with van der Waals surface area (Å²) in [6.45, 7) is 0.346. The van der Waals surface area contributed by atoms with E-state index in [1.165, 1.54) is 19.2 Å². The summed E-state index contributed by atoms with van der Waals surface area (Å²) >= 11 is 0. The second kappa shape index (κ2) is 9.56. The second-order valence-electron chi connectivity index (χ2n) is 8.72. The van der Waals surface area contributed by atoms with Gasteiger partial charge in [0.15, 0.2) is 0 Å². The van der Waals surface area contributed by atoms with E-state index in [0.29, 0.717) is 6.54 Å². The molecule has 0 bridgehead atoms. The first-order valence-corrected chi connectivity index (χ1v) is 13.0. The van der Waals surface area contributed by atoms with Crippen LogP contribution >= 0.6 is 0 Å². The highest BCUT2D eigenvalue weighted by molar-refractivity contribution is 7.89. The highest BCUT2D eigenvalue weighted by Gasteiger charge is 2.30. The third-order valence-electron chi connectivity index (χ3n) is 6.28. The summed E-state index contributed by atoms with van der Waals surface area (Å²) in [5.41, 5.74) is 3.44. The highest BCUT2D eigenvalue weighted by Crippen LogP contribution is 2.31. The Bertz CT molecular complexity index is 1460. The molecule has 1 saturated carbocycles. The van der Waals surface area contributed by atoms with E-state index in [0.717, 1.165) is 34.9 Å². The third-order valence-corrected chi connectivity index (χ3v) is 7.82. The molecule has 1 atom stereocenters. The monoisotopic (exact) mass is 489 g/mol. The van der Waals surface area contributed by atoms with Crippen LogP contribution < -0.4 is 14.8 Å². The van der Waals surface area contributed by atoms with Crippen LogP contribution in [0.15, 0.2) is 83.9 Å². The number of hydrogen-bond acceptors (Lipinski definition) is 4. The van der Waals surface area contributed by atoms with Crippen molar-refractivity contribution in [3.8, 4) is 5.75 Å². The van der Waals surface area contributed by atoms with Crippen molar-refractivity contribution in [3.05, 3.63) is 95.7 Å². The Hall–Kier alpha value is -3.62. The van der Waals surface area contributed by atoms with E-state index >= 15 is 0 Å². The molecule has 0 radical (unpaired) electrons. The molecule has 4 aromatic rings. The lowest BCUT2D eigenvalue weighted by atomic mass is 9.91. The van der Waals surface area contributed by atoms with Crippen LogP contribution in [0, 0.1) is 0 Å². The number of aromatic amines is 1. The minimum atomic E-state index is -3.79. The zero-order chi connectivity index (χ0) is 24.4. The summed E-state index contributed by atoms with van der Waals surface area (Å²) in [5, 5.41) is 4.11. The number of rotatable bonds is 9. The fraction of sp³-hybridized carbons (Fsp3) is 0.222. The molecule has 1 amide bonds. The van der Waals surface area contributed by atoms with Gasteiger partial charge in [-0.2, -0.15) is 0 Å². The summed E-state index contributed by atoms with van der Waals surface area (Å²) in [6.07, 6.45) is 3.61. The van der Waals surface area contributed by atoms with Crippen LogP contribution in [0.25, 0.3) is 10.9 Å². The Balaban J connectivity index is 1.42. The Morgan fingerprint density at radius 2 is 1.80 bits per heavy atom. The van der Waals surface area contributed by atoms with Gasteiger partial charge in [-0.15, -0.1) is 0 Å². The van der Waals surface area contributed by atoms with Gasteiger partial charge < -0.3 is 15.0 Å². The number of carbonyl (C=O) groups excluding carboxylic acids is 1. The quantitative estimate of drug-likeness (QED) is 0.328. The van der Waals surface area contributed by atoms with E-state index in [9.17, 15) is 13.2 Å². The summed E-state index contributed by atoms with van der Waals surface area (Å²) in [7, 11) is -2.38. The topological polar surface area (TPSA) is 100 Å². The van der Waals surface area contributed by atoms with E-state index in [-0.39, 0.29) is 34.1 Å². The number of aromatic nitrogens is 1. The zero-order valence-electron chi connectivity index (χ0n) is 19.3. The third kappa shape index (κ3) is 4.94. The Kier molecular flexibility index (Phi) is 6.32. The van der Waals surface area contributed by atoms with E-state index in [1.54, 1.807) is 6.07 Å². The molecule has 3 N–H and O–H groups in total. The largest absolute Gasteiger partial charge is 0.495 e. The van der Waals surface area contributed by atoms with Crippen molar-refractivity contribution in [2.24, 2.45) is 0 Å². The predicted octanol–water partition coefficient (Wildman–Crippen LogP) is 4.18. The van der Waals surface area contributed by atoms with Crippen LogP contribution in [-0.4, -0.2) is 39.0 Å².